The highest BCUT2D eigenvalue weighted by Gasteiger charge is 2.34. The van der Waals surface area contributed by atoms with Gasteiger partial charge in [0.2, 0.25) is 0 Å². The summed E-state index contributed by atoms with van der Waals surface area (Å²) in [4.78, 5) is 18.0. The van der Waals surface area contributed by atoms with Crippen molar-refractivity contribution in [1.29, 1.82) is 0 Å². The van der Waals surface area contributed by atoms with E-state index in [1.807, 2.05) is 23.1 Å². The molecule has 1 saturated carbocycles. The Hall–Kier alpha value is -3.02. The van der Waals surface area contributed by atoms with E-state index in [1.165, 1.54) is 6.07 Å². The molecule has 0 saturated heterocycles. The first-order valence-electron chi connectivity index (χ1n) is 8.90. The molecule has 0 spiro atoms. The van der Waals surface area contributed by atoms with Gasteiger partial charge in [-0.15, -0.1) is 0 Å². The summed E-state index contributed by atoms with van der Waals surface area (Å²) in [5, 5.41) is 0.426. The third-order valence-electron chi connectivity index (χ3n) is 4.92. The van der Waals surface area contributed by atoms with Crippen molar-refractivity contribution in [2.45, 2.75) is 25.4 Å². The topological polar surface area (TPSA) is 54.6 Å². The quantitative estimate of drug-likeness (QED) is 0.712. The number of hydrogen-bond acceptors (Lipinski definition) is 3. The van der Waals surface area contributed by atoms with Crippen molar-refractivity contribution < 1.29 is 18.7 Å². The van der Waals surface area contributed by atoms with Gasteiger partial charge < -0.3 is 19.4 Å². The van der Waals surface area contributed by atoms with E-state index in [4.69, 9.17) is 9.47 Å². The number of H-pyrrole nitrogens is 1. The Morgan fingerprint density at radius 2 is 2.00 bits per heavy atom. The largest absolute Gasteiger partial charge is 0.497 e. The highest BCUT2D eigenvalue weighted by molar-refractivity contribution is 5.98. The maximum Gasteiger partial charge on any atom is 0.270 e. The summed E-state index contributed by atoms with van der Waals surface area (Å²) in [5.74, 6) is 0.937. The van der Waals surface area contributed by atoms with Gasteiger partial charge in [-0.25, -0.2) is 4.39 Å². The van der Waals surface area contributed by atoms with E-state index >= 15 is 0 Å². The molecular formula is C21H21FN2O3. The standard InChI is InChI=1S/C21H21FN2O3/c1-26-15-8-9-20(27-2)13(10-15)12-24(14-6-7-14)21(25)19-11-16-17(22)4-3-5-18(16)23-19/h3-5,8-11,14,23H,6-7,12H2,1-2H3. The van der Waals surface area contributed by atoms with E-state index in [9.17, 15) is 9.18 Å². The van der Waals surface area contributed by atoms with Crippen LogP contribution >= 0.6 is 0 Å². The summed E-state index contributed by atoms with van der Waals surface area (Å²) in [7, 11) is 3.21. The van der Waals surface area contributed by atoms with Crippen LogP contribution in [0.5, 0.6) is 11.5 Å². The first kappa shape index (κ1) is 17.4. The smallest absolute Gasteiger partial charge is 0.270 e. The lowest BCUT2D eigenvalue weighted by molar-refractivity contribution is 0.0723. The fourth-order valence-corrected chi connectivity index (χ4v) is 3.33. The van der Waals surface area contributed by atoms with Gasteiger partial charge in [0.15, 0.2) is 0 Å². The molecule has 0 aliphatic heterocycles. The van der Waals surface area contributed by atoms with Crippen LogP contribution in [0.4, 0.5) is 4.39 Å². The van der Waals surface area contributed by atoms with E-state index in [-0.39, 0.29) is 17.8 Å². The lowest BCUT2D eigenvalue weighted by atomic mass is 10.1. The fourth-order valence-electron chi connectivity index (χ4n) is 3.33. The van der Waals surface area contributed by atoms with Crippen LogP contribution in [0.15, 0.2) is 42.5 Å². The van der Waals surface area contributed by atoms with Crippen LogP contribution in [-0.2, 0) is 6.54 Å². The molecule has 1 aliphatic rings. The number of carbonyl (C=O) groups excluding carboxylic acids is 1. The molecular weight excluding hydrogens is 347 g/mol. The number of amides is 1. The fraction of sp³-hybridized carbons (Fsp3) is 0.286. The molecule has 1 aromatic heterocycles. The predicted octanol–water partition coefficient (Wildman–Crippen LogP) is 4.13. The first-order valence-corrected chi connectivity index (χ1v) is 8.90. The average molecular weight is 368 g/mol. The van der Waals surface area contributed by atoms with E-state index in [1.54, 1.807) is 32.4 Å². The van der Waals surface area contributed by atoms with Gasteiger partial charge in [0.05, 0.1) is 20.8 Å². The monoisotopic (exact) mass is 368 g/mol. The Labute approximate surface area is 156 Å². The molecule has 27 heavy (non-hydrogen) atoms. The molecule has 0 atom stereocenters. The van der Waals surface area contributed by atoms with E-state index in [0.29, 0.717) is 34.6 Å². The average Bonchev–Trinajstić information content (AvgIpc) is 3.43. The zero-order valence-electron chi connectivity index (χ0n) is 15.3. The Kier molecular flexibility index (Phi) is 4.48. The number of halogens is 1. The summed E-state index contributed by atoms with van der Waals surface area (Å²) in [6.07, 6.45) is 1.93. The summed E-state index contributed by atoms with van der Waals surface area (Å²) in [6.45, 7) is 0.404. The minimum atomic E-state index is -0.338. The third-order valence-corrected chi connectivity index (χ3v) is 4.92. The number of nitrogens with zero attached hydrogens (tertiary/aromatic N) is 1. The van der Waals surface area contributed by atoms with Crippen LogP contribution < -0.4 is 9.47 Å². The second kappa shape index (κ2) is 6.95. The Morgan fingerprint density at radius 1 is 1.19 bits per heavy atom. The van der Waals surface area contributed by atoms with Gasteiger partial charge in [-0.1, -0.05) is 6.07 Å². The zero-order chi connectivity index (χ0) is 19.0. The van der Waals surface area contributed by atoms with Crippen molar-refractivity contribution in [1.82, 2.24) is 9.88 Å². The number of rotatable bonds is 6. The molecule has 0 bridgehead atoms. The number of aromatic amines is 1. The lowest BCUT2D eigenvalue weighted by Crippen LogP contribution is -2.33. The molecule has 5 nitrogen and oxygen atoms in total. The molecule has 4 rings (SSSR count). The maximum absolute atomic E-state index is 14.0. The van der Waals surface area contributed by atoms with Crippen molar-refractivity contribution in [3.63, 3.8) is 0 Å². The molecule has 1 aliphatic carbocycles. The lowest BCUT2D eigenvalue weighted by Gasteiger charge is -2.23. The van der Waals surface area contributed by atoms with Gasteiger partial charge in [-0.05, 0) is 49.2 Å². The second-order valence-electron chi connectivity index (χ2n) is 6.73. The number of hydrogen-bond donors (Lipinski definition) is 1. The molecule has 2 aromatic carbocycles. The Morgan fingerprint density at radius 3 is 2.67 bits per heavy atom. The normalized spacial score (nSPS) is 13.6. The van der Waals surface area contributed by atoms with Crippen LogP contribution in [0.3, 0.4) is 0 Å². The molecule has 1 fully saturated rings. The summed E-state index contributed by atoms with van der Waals surface area (Å²) >= 11 is 0. The van der Waals surface area contributed by atoms with Gasteiger partial charge in [0.1, 0.15) is 23.0 Å². The van der Waals surface area contributed by atoms with Gasteiger partial charge in [-0.2, -0.15) is 0 Å². The van der Waals surface area contributed by atoms with Crippen molar-refractivity contribution in [3.8, 4) is 11.5 Å². The van der Waals surface area contributed by atoms with Gasteiger partial charge in [0.25, 0.3) is 5.91 Å². The second-order valence-corrected chi connectivity index (χ2v) is 6.73. The van der Waals surface area contributed by atoms with Crippen LogP contribution in [0.1, 0.15) is 28.9 Å². The summed E-state index contributed by atoms with van der Waals surface area (Å²) < 4.78 is 24.7. The number of fused-ring (bicyclic) bond motifs is 1. The number of methoxy groups -OCH3 is 2. The summed E-state index contributed by atoms with van der Waals surface area (Å²) in [5.41, 5.74) is 1.89. The van der Waals surface area contributed by atoms with Crippen molar-refractivity contribution in [3.05, 3.63) is 59.5 Å². The van der Waals surface area contributed by atoms with Gasteiger partial charge >= 0.3 is 0 Å². The molecule has 140 valence electrons. The molecule has 1 N–H and O–H groups in total. The van der Waals surface area contributed by atoms with Crippen molar-refractivity contribution in [2.24, 2.45) is 0 Å². The highest BCUT2D eigenvalue weighted by atomic mass is 19.1. The Bertz CT molecular complexity index is 994. The molecule has 6 heteroatoms. The van der Waals surface area contributed by atoms with E-state index in [2.05, 4.69) is 4.98 Å². The third kappa shape index (κ3) is 3.35. The number of carbonyl (C=O) groups is 1. The van der Waals surface area contributed by atoms with Crippen molar-refractivity contribution >= 4 is 16.8 Å². The molecule has 0 unspecified atom stereocenters. The van der Waals surface area contributed by atoms with Crippen LogP contribution in [0.2, 0.25) is 0 Å². The molecule has 1 amide bonds. The predicted molar refractivity (Wildman–Crippen MR) is 101 cm³/mol. The highest BCUT2D eigenvalue weighted by Crippen LogP contribution is 2.33. The van der Waals surface area contributed by atoms with Crippen LogP contribution in [0.25, 0.3) is 10.9 Å². The number of aromatic nitrogens is 1. The van der Waals surface area contributed by atoms with Crippen LogP contribution in [-0.4, -0.2) is 36.1 Å². The van der Waals surface area contributed by atoms with Gasteiger partial charge in [-0.3, -0.25) is 4.79 Å². The molecule has 0 radical (unpaired) electrons. The summed E-state index contributed by atoms with van der Waals surface area (Å²) in [6, 6.07) is 12.1. The number of ether oxygens (including phenoxy) is 2. The number of nitrogens with one attached hydrogen (secondary N) is 1. The maximum atomic E-state index is 14.0. The minimum Gasteiger partial charge on any atom is -0.497 e. The SMILES string of the molecule is COc1ccc(OC)c(CN(C(=O)c2cc3c(F)cccc3[nH]2)C2CC2)c1. The molecule has 1 heterocycles. The van der Waals surface area contributed by atoms with E-state index in [0.717, 1.165) is 18.4 Å². The van der Waals surface area contributed by atoms with Crippen LogP contribution in [0, 0.1) is 5.82 Å². The first-order chi connectivity index (χ1) is 13.1. The van der Waals surface area contributed by atoms with E-state index < -0.39 is 0 Å². The molecule has 3 aromatic rings. The van der Waals surface area contributed by atoms with Crippen molar-refractivity contribution in [2.75, 3.05) is 14.2 Å². The van der Waals surface area contributed by atoms with Gasteiger partial charge in [0, 0.05) is 22.5 Å². The zero-order valence-corrected chi connectivity index (χ0v) is 15.3. The Balaban J connectivity index is 1.66. The number of benzene rings is 2. The minimum absolute atomic E-state index is 0.141.